The van der Waals surface area contributed by atoms with Gasteiger partial charge in [0.2, 0.25) is 0 Å². The number of fused-ring (bicyclic) bond motifs is 1. The highest BCUT2D eigenvalue weighted by Gasteiger charge is 2.14. The van der Waals surface area contributed by atoms with Crippen LogP contribution in [-0.4, -0.2) is 13.2 Å². The third kappa shape index (κ3) is 3.05. The molecule has 5 heteroatoms. The molecule has 110 valence electrons. The molecule has 1 aliphatic heterocycles. The summed E-state index contributed by atoms with van der Waals surface area (Å²) in [7, 11) is 0. The Morgan fingerprint density at radius 3 is 2.62 bits per heavy atom. The molecule has 0 radical (unpaired) electrons. The fraction of sp³-hybridized carbons (Fsp3) is 0.250. The molecule has 0 fully saturated rings. The van der Waals surface area contributed by atoms with Crippen molar-refractivity contribution in [1.82, 2.24) is 0 Å². The van der Waals surface area contributed by atoms with Gasteiger partial charge in [-0.15, -0.1) is 0 Å². The Balaban J connectivity index is 1.78. The second-order valence-electron chi connectivity index (χ2n) is 4.90. The van der Waals surface area contributed by atoms with E-state index in [-0.39, 0.29) is 11.1 Å². The zero-order valence-corrected chi connectivity index (χ0v) is 12.3. The summed E-state index contributed by atoms with van der Waals surface area (Å²) in [5, 5.41) is 3.39. The number of hydrogen-bond donors (Lipinski definition) is 1. The van der Waals surface area contributed by atoms with E-state index in [2.05, 4.69) is 5.32 Å². The van der Waals surface area contributed by atoms with Crippen molar-refractivity contribution in [3.8, 4) is 11.5 Å². The molecule has 3 rings (SSSR count). The molecule has 1 N–H and O–H groups in total. The fourth-order valence-electron chi connectivity index (χ4n) is 2.25. The molecule has 0 saturated heterocycles. The first kappa shape index (κ1) is 14.0. The predicted octanol–water partition coefficient (Wildman–Crippen LogP) is 4.42. The third-order valence-corrected chi connectivity index (χ3v) is 3.66. The summed E-state index contributed by atoms with van der Waals surface area (Å²) in [6, 6.07) is 10.5. The van der Waals surface area contributed by atoms with E-state index in [1.807, 2.05) is 25.1 Å². The molecular weight excluding hydrogens is 293 g/mol. The van der Waals surface area contributed by atoms with Crippen molar-refractivity contribution in [2.24, 2.45) is 0 Å². The van der Waals surface area contributed by atoms with E-state index in [4.69, 9.17) is 21.1 Å². The molecule has 0 saturated carbocycles. The Bertz CT molecular complexity index is 663. The van der Waals surface area contributed by atoms with Crippen LogP contribution in [0.2, 0.25) is 5.02 Å². The molecule has 0 aliphatic carbocycles. The monoisotopic (exact) mass is 307 g/mol. The van der Waals surface area contributed by atoms with Gasteiger partial charge in [0.25, 0.3) is 0 Å². The summed E-state index contributed by atoms with van der Waals surface area (Å²) in [6.07, 6.45) is 0. The van der Waals surface area contributed by atoms with E-state index < -0.39 is 5.82 Å². The highest BCUT2D eigenvalue weighted by Crippen LogP contribution is 2.33. The molecule has 3 nitrogen and oxygen atoms in total. The Morgan fingerprint density at radius 1 is 1.10 bits per heavy atom. The van der Waals surface area contributed by atoms with Crippen LogP contribution in [0.15, 0.2) is 36.4 Å². The maximum atomic E-state index is 13.2. The van der Waals surface area contributed by atoms with Gasteiger partial charge in [-0.25, -0.2) is 4.39 Å². The minimum atomic E-state index is -0.422. The fourth-order valence-corrected chi connectivity index (χ4v) is 2.43. The van der Waals surface area contributed by atoms with Gasteiger partial charge in [0.15, 0.2) is 11.5 Å². The summed E-state index contributed by atoms with van der Waals surface area (Å²) in [5.74, 6) is 1.10. The molecule has 0 spiro atoms. The number of ether oxygens (including phenoxy) is 2. The maximum absolute atomic E-state index is 13.2. The summed E-state index contributed by atoms with van der Waals surface area (Å²) in [5.41, 5.74) is 1.82. The van der Waals surface area contributed by atoms with Crippen molar-refractivity contribution in [3.63, 3.8) is 0 Å². The first-order chi connectivity index (χ1) is 10.1. The summed E-state index contributed by atoms with van der Waals surface area (Å²) in [6.45, 7) is 3.16. The van der Waals surface area contributed by atoms with Crippen molar-refractivity contribution in [2.45, 2.75) is 13.0 Å². The molecule has 0 amide bonds. The second kappa shape index (κ2) is 5.82. The standard InChI is InChI=1S/C16H15ClFNO2/c1-10(19-12-3-4-14(18)13(17)9-12)11-2-5-15-16(8-11)21-7-6-20-15/h2-5,8-10,19H,6-7H2,1H3. The van der Waals surface area contributed by atoms with Crippen LogP contribution in [0.1, 0.15) is 18.5 Å². The summed E-state index contributed by atoms with van der Waals surface area (Å²) in [4.78, 5) is 0. The molecule has 1 atom stereocenters. The predicted molar refractivity (Wildman–Crippen MR) is 80.9 cm³/mol. The van der Waals surface area contributed by atoms with Crippen LogP contribution < -0.4 is 14.8 Å². The first-order valence-corrected chi connectivity index (χ1v) is 7.12. The smallest absolute Gasteiger partial charge is 0.161 e. The second-order valence-corrected chi connectivity index (χ2v) is 5.31. The van der Waals surface area contributed by atoms with Crippen molar-refractivity contribution >= 4 is 17.3 Å². The van der Waals surface area contributed by atoms with Crippen LogP contribution in [0.5, 0.6) is 11.5 Å². The van der Waals surface area contributed by atoms with Crippen molar-refractivity contribution < 1.29 is 13.9 Å². The van der Waals surface area contributed by atoms with Crippen molar-refractivity contribution in [3.05, 3.63) is 52.8 Å². The Kier molecular flexibility index (Phi) is 3.88. The normalized spacial score (nSPS) is 14.6. The largest absolute Gasteiger partial charge is 0.486 e. The number of anilines is 1. The lowest BCUT2D eigenvalue weighted by Crippen LogP contribution is -2.16. The van der Waals surface area contributed by atoms with Gasteiger partial charge in [-0.2, -0.15) is 0 Å². The van der Waals surface area contributed by atoms with Gasteiger partial charge >= 0.3 is 0 Å². The highest BCUT2D eigenvalue weighted by molar-refractivity contribution is 6.31. The number of halogens is 2. The molecule has 1 heterocycles. The molecule has 1 aliphatic rings. The molecule has 1 unspecified atom stereocenters. The van der Waals surface area contributed by atoms with E-state index in [0.717, 1.165) is 22.7 Å². The lowest BCUT2D eigenvalue weighted by Gasteiger charge is -2.21. The topological polar surface area (TPSA) is 30.5 Å². The summed E-state index contributed by atoms with van der Waals surface area (Å²) < 4.78 is 24.2. The van der Waals surface area contributed by atoms with Gasteiger partial charge in [-0.3, -0.25) is 0 Å². The van der Waals surface area contributed by atoms with Crippen LogP contribution in [0.25, 0.3) is 0 Å². The number of nitrogens with one attached hydrogen (secondary N) is 1. The lowest BCUT2D eigenvalue weighted by molar-refractivity contribution is 0.171. The van der Waals surface area contributed by atoms with Crippen LogP contribution in [0.4, 0.5) is 10.1 Å². The van der Waals surface area contributed by atoms with E-state index in [9.17, 15) is 4.39 Å². The quantitative estimate of drug-likeness (QED) is 0.910. The minimum Gasteiger partial charge on any atom is -0.486 e. The zero-order valence-electron chi connectivity index (χ0n) is 11.5. The first-order valence-electron chi connectivity index (χ1n) is 6.74. The van der Waals surface area contributed by atoms with E-state index in [1.165, 1.54) is 6.07 Å². The van der Waals surface area contributed by atoms with Crippen LogP contribution >= 0.6 is 11.6 Å². The molecule has 0 bridgehead atoms. The van der Waals surface area contributed by atoms with Gasteiger partial charge in [0, 0.05) is 11.7 Å². The number of hydrogen-bond acceptors (Lipinski definition) is 3. The lowest BCUT2D eigenvalue weighted by atomic mass is 10.1. The van der Waals surface area contributed by atoms with E-state index >= 15 is 0 Å². The number of rotatable bonds is 3. The molecular formula is C16H15ClFNO2. The minimum absolute atomic E-state index is 0.0300. The third-order valence-electron chi connectivity index (χ3n) is 3.37. The molecule has 2 aromatic carbocycles. The molecule has 2 aromatic rings. The van der Waals surface area contributed by atoms with Gasteiger partial charge in [0.05, 0.1) is 5.02 Å². The Morgan fingerprint density at radius 2 is 1.86 bits per heavy atom. The highest BCUT2D eigenvalue weighted by atomic mass is 35.5. The number of benzene rings is 2. The van der Waals surface area contributed by atoms with E-state index in [1.54, 1.807) is 12.1 Å². The Labute approximate surface area is 127 Å². The summed E-state index contributed by atoms with van der Waals surface area (Å²) >= 11 is 5.79. The molecule has 0 aromatic heterocycles. The van der Waals surface area contributed by atoms with Crippen molar-refractivity contribution in [1.29, 1.82) is 0 Å². The van der Waals surface area contributed by atoms with Gasteiger partial charge in [0.1, 0.15) is 19.0 Å². The van der Waals surface area contributed by atoms with Gasteiger partial charge in [-0.1, -0.05) is 17.7 Å². The van der Waals surface area contributed by atoms with E-state index in [0.29, 0.717) is 13.2 Å². The van der Waals surface area contributed by atoms with Crippen LogP contribution in [0, 0.1) is 5.82 Å². The van der Waals surface area contributed by atoms with Gasteiger partial charge in [-0.05, 0) is 42.8 Å². The zero-order chi connectivity index (χ0) is 14.8. The Hall–Kier alpha value is -1.94. The van der Waals surface area contributed by atoms with Crippen molar-refractivity contribution in [2.75, 3.05) is 18.5 Å². The molecule has 21 heavy (non-hydrogen) atoms. The van der Waals surface area contributed by atoms with Crippen LogP contribution in [0.3, 0.4) is 0 Å². The average molecular weight is 308 g/mol. The average Bonchev–Trinajstić information content (AvgIpc) is 2.50. The maximum Gasteiger partial charge on any atom is 0.161 e. The SMILES string of the molecule is CC(Nc1ccc(F)c(Cl)c1)c1ccc2c(c1)OCCO2. The van der Waals surface area contributed by atoms with Gasteiger partial charge < -0.3 is 14.8 Å². The van der Waals surface area contributed by atoms with Crippen LogP contribution in [-0.2, 0) is 0 Å².